The van der Waals surface area contributed by atoms with Crippen LogP contribution in [0.5, 0.6) is 0 Å². The fourth-order valence-electron chi connectivity index (χ4n) is 3.09. The van der Waals surface area contributed by atoms with Crippen LogP contribution in [0.4, 0.5) is 0 Å². The monoisotopic (exact) mass is 313 g/mol. The third-order valence-electron chi connectivity index (χ3n) is 4.25. The van der Waals surface area contributed by atoms with Gasteiger partial charge in [0.2, 0.25) is 11.7 Å². The number of nitrogens with zero attached hydrogens (tertiary/aromatic N) is 5. The Bertz CT molecular complexity index is 761. The summed E-state index contributed by atoms with van der Waals surface area (Å²) >= 11 is 0. The lowest BCUT2D eigenvalue weighted by Gasteiger charge is -2.22. The van der Waals surface area contributed by atoms with Gasteiger partial charge in [-0.1, -0.05) is 5.16 Å². The van der Waals surface area contributed by atoms with Crippen molar-refractivity contribution in [3.8, 4) is 11.4 Å². The molecule has 7 heteroatoms. The molecule has 1 fully saturated rings. The molecular formula is C16H19N5O2. The third kappa shape index (κ3) is 3.05. The molecular weight excluding hydrogens is 294 g/mol. The summed E-state index contributed by atoms with van der Waals surface area (Å²) < 4.78 is 12.5. The predicted octanol–water partition coefficient (Wildman–Crippen LogP) is 2.50. The smallest absolute Gasteiger partial charge is 0.241 e. The molecule has 0 radical (unpaired) electrons. The molecule has 0 saturated carbocycles. The number of rotatable bonds is 5. The zero-order valence-electron chi connectivity index (χ0n) is 13.1. The second-order valence-electron chi connectivity index (χ2n) is 6.03. The summed E-state index contributed by atoms with van der Waals surface area (Å²) in [6.07, 6.45) is 9.56. The normalized spacial score (nSPS) is 18.7. The predicted molar refractivity (Wildman–Crippen MR) is 82.4 cm³/mol. The van der Waals surface area contributed by atoms with Crippen LogP contribution in [-0.4, -0.2) is 37.4 Å². The molecule has 23 heavy (non-hydrogen) atoms. The van der Waals surface area contributed by atoms with Gasteiger partial charge in [0.25, 0.3) is 0 Å². The van der Waals surface area contributed by atoms with Gasteiger partial charge in [-0.15, -0.1) is 0 Å². The van der Waals surface area contributed by atoms with Crippen molar-refractivity contribution < 1.29 is 8.94 Å². The number of furan rings is 1. The van der Waals surface area contributed by atoms with E-state index in [4.69, 9.17) is 8.94 Å². The molecule has 0 bridgehead atoms. The van der Waals surface area contributed by atoms with Crippen molar-refractivity contribution >= 4 is 0 Å². The minimum absolute atomic E-state index is 0.457. The van der Waals surface area contributed by atoms with E-state index in [-0.39, 0.29) is 0 Å². The van der Waals surface area contributed by atoms with E-state index < -0.39 is 0 Å². The van der Waals surface area contributed by atoms with Crippen LogP contribution < -0.4 is 0 Å². The SMILES string of the molecule is Cc1cnn(C[C@@H]2CCCN2Cc2nc(-c3ccoc3)no2)c1. The number of likely N-dealkylation sites (tertiary alicyclic amines) is 1. The molecule has 0 unspecified atom stereocenters. The van der Waals surface area contributed by atoms with Gasteiger partial charge in [-0.2, -0.15) is 10.1 Å². The van der Waals surface area contributed by atoms with Crippen molar-refractivity contribution in [1.29, 1.82) is 0 Å². The summed E-state index contributed by atoms with van der Waals surface area (Å²) in [5.74, 6) is 1.22. The Morgan fingerprint density at radius 2 is 2.35 bits per heavy atom. The van der Waals surface area contributed by atoms with E-state index >= 15 is 0 Å². The fraction of sp³-hybridized carbons (Fsp3) is 0.438. The van der Waals surface area contributed by atoms with E-state index in [1.54, 1.807) is 12.5 Å². The Kier molecular flexibility index (Phi) is 3.70. The molecule has 0 aliphatic carbocycles. The summed E-state index contributed by atoms with van der Waals surface area (Å²) in [6.45, 7) is 4.69. The molecule has 1 atom stereocenters. The van der Waals surface area contributed by atoms with Crippen molar-refractivity contribution in [1.82, 2.24) is 24.8 Å². The number of aromatic nitrogens is 4. The molecule has 4 rings (SSSR count). The van der Waals surface area contributed by atoms with Gasteiger partial charge in [0.05, 0.1) is 31.1 Å². The van der Waals surface area contributed by atoms with Gasteiger partial charge in [-0.25, -0.2) is 0 Å². The van der Waals surface area contributed by atoms with Crippen LogP contribution in [0.25, 0.3) is 11.4 Å². The van der Waals surface area contributed by atoms with Gasteiger partial charge in [0, 0.05) is 12.2 Å². The van der Waals surface area contributed by atoms with Crippen molar-refractivity contribution in [2.24, 2.45) is 0 Å². The van der Waals surface area contributed by atoms with Crippen LogP contribution in [0, 0.1) is 6.92 Å². The van der Waals surface area contributed by atoms with Crippen LogP contribution in [0.1, 0.15) is 24.3 Å². The van der Waals surface area contributed by atoms with Gasteiger partial charge < -0.3 is 8.94 Å². The van der Waals surface area contributed by atoms with Crippen molar-refractivity contribution in [2.45, 2.75) is 38.9 Å². The Balaban J connectivity index is 1.43. The molecule has 0 spiro atoms. The van der Waals surface area contributed by atoms with E-state index in [1.807, 2.05) is 16.9 Å². The lowest BCUT2D eigenvalue weighted by molar-refractivity contribution is 0.192. The van der Waals surface area contributed by atoms with Gasteiger partial charge in [-0.05, 0) is 37.9 Å². The molecule has 0 aromatic carbocycles. The first-order chi connectivity index (χ1) is 11.3. The Morgan fingerprint density at radius 1 is 1.39 bits per heavy atom. The molecule has 1 saturated heterocycles. The lowest BCUT2D eigenvalue weighted by atomic mass is 10.2. The largest absolute Gasteiger partial charge is 0.472 e. The van der Waals surface area contributed by atoms with E-state index in [2.05, 4.69) is 33.3 Å². The second kappa shape index (κ2) is 6.00. The molecule has 7 nitrogen and oxygen atoms in total. The van der Waals surface area contributed by atoms with E-state index in [9.17, 15) is 0 Å². The first-order valence-electron chi connectivity index (χ1n) is 7.86. The quantitative estimate of drug-likeness (QED) is 0.720. The highest BCUT2D eigenvalue weighted by atomic mass is 16.5. The Hall–Kier alpha value is -2.41. The summed E-state index contributed by atoms with van der Waals surface area (Å²) in [5, 5.41) is 8.41. The zero-order chi connectivity index (χ0) is 15.6. The highest BCUT2D eigenvalue weighted by Gasteiger charge is 2.27. The van der Waals surface area contributed by atoms with Crippen LogP contribution in [0.3, 0.4) is 0 Å². The standard InChI is InChI=1S/C16H19N5O2/c1-12-7-17-21(8-12)9-14-3-2-5-20(14)10-15-18-16(19-23-15)13-4-6-22-11-13/h4,6-8,11,14H,2-3,5,9-10H2,1H3/t14-/m0/s1. The average molecular weight is 313 g/mol. The third-order valence-corrected chi connectivity index (χ3v) is 4.25. The van der Waals surface area contributed by atoms with E-state index in [0.29, 0.717) is 24.3 Å². The first-order valence-corrected chi connectivity index (χ1v) is 7.86. The first kappa shape index (κ1) is 14.2. The number of hydrogen-bond acceptors (Lipinski definition) is 6. The minimum Gasteiger partial charge on any atom is -0.472 e. The number of aryl methyl sites for hydroxylation is 1. The molecule has 0 N–H and O–H groups in total. The summed E-state index contributed by atoms with van der Waals surface area (Å²) in [5.41, 5.74) is 2.03. The highest BCUT2D eigenvalue weighted by molar-refractivity contribution is 5.51. The Morgan fingerprint density at radius 3 is 3.13 bits per heavy atom. The van der Waals surface area contributed by atoms with E-state index in [0.717, 1.165) is 18.7 Å². The minimum atomic E-state index is 0.457. The fourth-order valence-corrected chi connectivity index (χ4v) is 3.09. The molecule has 4 heterocycles. The van der Waals surface area contributed by atoms with E-state index in [1.165, 1.54) is 18.4 Å². The van der Waals surface area contributed by atoms with Crippen LogP contribution in [-0.2, 0) is 13.1 Å². The molecule has 0 amide bonds. The van der Waals surface area contributed by atoms with Gasteiger partial charge in [0.15, 0.2) is 0 Å². The van der Waals surface area contributed by atoms with Crippen molar-refractivity contribution in [3.63, 3.8) is 0 Å². The van der Waals surface area contributed by atoms with Crippen molar-refractivity contribution in [3.05, 3.63) is 42.4 Å². The maximum absolute atomic E-state index is 5.39. The molecule has 1 aliphatic heterocycles. The van der Waals surface area contributed by atoms with Gasteiger partial charge in [0.1, 0.15) is 6.26 Å². The zero-order valence-corrected chi connectivity index (χ0v) is 13.1. The maximum Gasteiger partial charge on any atom is 0.241 e. The topological polar surface area (TPSA) is 73.1 Å². The maximum atomic E-state index is 5.39. The second-order valence-corrected chi connectivity index (χ2v) is 6.03. The van der Waals surface area contributed by atoms with Gasteiger partial charge in [-0.3, -0.25) is 9.58 Å². The summed E-state index contributed by atoms with van der Waals surface area (Å²) in [6, 6.07) is 2.28. The van der Waals surface area contributed by atoms with Crippen LogP contribution in [0.2, 0.25) is 0 Å². The van der Waals surface area contributed by atoms with Crippen molar-refractivity contribution in [2.75, 3.05) is 6.54 Å². The lowest BCUT2D eigenvalue weighted by Crippen LogP contribution is -2.32. The Labute approximate surface area is 133 Å². The van der Waals surface area contributed by atoms with Gasteiger partial charge >= 0.3 is 0 Å². The highest BCUT2D eigenvalue weighted by Crippen LogP contribution is 2.22. The number of hydrogen-bond donors (Lipinski definition) is 0. The molecule has 120 valence electrons. The summed E-state index contributed by atoms with van der Waals surface area (Å²) in [4.78, 5) is 6.85. The summed E-state index contributed by atoms with van der Waals surface area (Å²) in [7, 11) is 0. The van der Waals surface area contributed by atoms with Crippen LogP contribution in [0.15, 0.2) is 39.9 Å². The molecule has 3 aromatic rings. The molecule has 3 aromatic heterocycles. The van der Waals surface area contributed by atoms with Crippen LogP contribution >= 0.6 is 0 Å². The average Bonchev–Trinajstić information content (AvgIpc) is 3.29. The molecule has 1 aliphatic rings.